The van der Waals surface area contributed by atoms with Crippen LogP contribution >= 0.6 is 0 Å². The number of likely N-dealkylation sites (N-methyl/N-ethyl adjacent to an activating group) is 1. The maximum atomic E-state index is 13.1. The first-order valence-corrected chi connectivity index (χ1v) is 9.01. The van der Waals surface area contributed by atoms with Crippen LogP contribution in [0, 0.1) is 0 Å². The van der Waals surface area contributed by atoms with E-state index >= 15 is 0 Å². The predicted octanol–water partition coefficient (Wildman–Crippen LogP) is 2.52. The average molecular weight is 339 g/mol. The van der Waals surface area contributed by atoms with E-state index in [1.54, 1.807) is 4.90 Å². The molecule has 1 amide bonds. The molecule has 0 saturated carbocycles. The highest BCUT2D eigenvalue weighted by Gasteiger charge is 2.29. The van der Waals surface area contributed by atoms with Crippen LogP contribution in [-0.2, 0) is 25.7 Å². The lowest BCUT2D eigenvalue weighted by atomic mass is 9.87. The number of amides is 1. The molecule has 5 heteroatoms. The predicted molar refractivity (Wildman–Crippen MR) is 98.0 cm³/mol. The summed E-state index contributed by atoms with van der Waals surface area (Å²) >= 11 is 0. The lowest BCUT2D eigenvalue weighted by molar-refractivity contribution is 0.0715. The minimum atomic E-state index is -0.387. The standard InChI is InChI=1S/C20H25N3O2/c1-4-16-17(5-2)21-22-19(24)18(16)20(25)23(3)15-11-10-13-8-6-7-9-14(13)12-15/h6-9,15H,4-5,10-12H2,1-3H3,(H,22,24). The first-order valence-electron chi connectivity index (χ1n) is 9.01. The zero-order chi connectivity index (χ0) is 18.0. The van der Waals surface area contributed by atoms with E-state index in [0.717, 1.165) is 30.5 Å². The van der Waals surface area contributed by atoms with Gasteiger partial charge in [0.15, 0.2) is 0 Å². The Morgan fingerprint density at radius 2 is 1.96 bits per heavy atom. The van der Waals surface area contributed by atoms with Crippen LogP contribution in [0.1, 0.15) is 53.0 Å². The third-order valence-corrected chi connectivity index (χ3v) is 5.26. The van der Waals surface area contributed by atoms with Gasteiger partial charge < -0.3 is 4.90 Å². The van der Waals surface area contributed by atoms with Gasteiger partial charge in [-0.1, -0.05) is 38.1 Å². The summed E-state index contributed by atoms with van der Waals surface area (Å²) in [4.78, 5) is 27.2. The number of aryl methyl sites for hydroxylation is 2. The highest BCUT2D eigenvalue weighted by Crippen LogP contribution is 2.25. The summed E-state index contributed by atoms with van der Waals surface area (Å²) in [7, 11) is 1.81. The number of aromatic amines is 1. The molecule has 25 heavy (non-hydrogen) atoms. The molecule has 0 spiro atoms. The van der Waals surface area contributed by atoms with Crippen LogP contribution in [0.15, 0.2) is 29.1 Å². The number of fused-ring (bicyclic) bond motifs is 1. The number of nitrogens with one attached hydrogen (secondary N) is 1. The number of aromatic nitrogens is 2. The third kappa shape index (κ3) is 3.23. The number of carbonyl (C=O) groups excluding carboxylic acids is 1. The summed E-state index contributed by atoms with van der Waals surface area (Å²) in [5.41, 5.74) is 4.11. The maximum absolute atomic E-state index is 13.1. The molecule has 1 aliphatic rings. The molecule has 132 valence electrons. The van der Waals surface area contributed by atoms with Crippen molar-refractivity contribution < 1.29 is 4.79 Å². The molecule has 1 aliphatic carbocycles. The second kappa shape index (κ2) is 7.21. The average Bonchev–Trinajstić information content (AvgIpc) is 2.66. The molecule has 5 nitrogen and oxygen atoms in total. The number of carbonyl (C=O) groups is 1. The Bertz CT molecular complexity index is 841. The molecule has 1 unspecified atom stereocenters. The van der Waals surface area contributed by atoms with Crippen molar-refractivity contribution in [2.24, 2.45) is 0 Å². The normalized spacial score (nSPS) is 16.4. The van der Waals surface area contributed by atoms with Gasteiger partial charge in [0.1, 0.15) is 5.56 Å². The monoisotopic (exact) mass is 339 g/mol. The zero-order valence-corrected chi connectivity index (χ0v) is 15.1. The summed E-state index contributed by atoms with van der Waals surface area (Å²) in [6.07, 6.45) is 4.04. The maximum Gasteiger partial charge on any atom is 0.277 e. The van der Waals surface area contributed by atoms with Crippen molar-refractivity contribution >= 4 is 5.91 Å². The summed E-state index contributed by atoms with van der Waals surface area (Å²) in [6.45, 7) is 3.94. The van der Waals surface area contributed by atoms with Crippen LogP contribution in [0.2, 0.25) is 0 Å². The number of benzene rings is 1. The van der Waals surface area contributed by atoms with Gasteiger partial charge >= 0.3 is 0 Å². The number of nitrogens with zero attached hydrogens (tertiary/aromatic N) is 2. The molecule has 1 atom stereocenters. The van der Waals surface area contributed by atoms with Crippen molar-refractivity contribution in [3.8, 4) is 0 Å². The van der Waals surface area contributed by atoms with E-state index in [4.69, 9.17) is 0 Å². The smallest absolute Gasteiger partial charge is 0.277 e. The third-order valence-electron chi connectivity index (χ3n) is 5.26. The van der Waals surface area contributed by atoms with Crippen LogP contribution in [0.3, 0.4) is 0 Å². The fourth-order valence-electron chi connectivity index (χ4n) is 3.77. The summed E-state index contributed by atoms with van der Waals surface area (Å²) < 4.78 is 0. The first kappa shape index (κ1) is 17.4. The second-order valence-corrected chi connectivity index (χ2v) is 6.64. The van der Waals surface area contributed by atoms with E-state index in [-0.39, 0.29) is 23.1 Å². The SMILES string of the molecule is CCc1n[nH]c(=O)c(C(=O)N(C)C2CCc3ccccc3C2)c1CC. The molecule has 0 bridgehead atoms. The van der Waals surface area contributed by atoms with Crippen molar-refractivity contribution in [1.29, 1.82) is 0 Å². The van der Waals surface area contributed by atoms with E-state index < -0.39 is 0 Å². The topological polar surface area (TPSA) is 66.1 Å². The quantitative estimate of drug-likeness (QED) is 0.931. The van der Waals surface area contributed by atoms with Gasteiger partial charge in [-0.2, -0.15) is 5.10 Å². The molecule has 0 saturated heterocycles. The molecule has 0 fully saturated rings. The Balaban J connectivity index is 1.90. The number of rotatable bonds is 4. The van der Waals surface area contributed by atoms with Gasteiger partial charge in [-0.3, -0.25) is 9.59 Å². The van der Waals surface area contributed by atoms with Gasteiger partial charge in [-0.05, 0) is 48.8 Å². The Kier molecular flexibility index (Phi) is 5.02. The van der Waals surface area contributed by atoms with E-state index in [2.05, 4.69) is 28.4 Å². The fraction of sp³-hybridized carbons (Fsp3) is 0.450. The Morgan fingerprint density at radius 1 is 1.24 bits per heavy atom. The zero-order valence-electron chi connectivity index (χ0n) is 15.1. The van der Waals surface area contributed by atoms with Gasteiger partial charge in [-0.15, -0.1) is 0 Å². The van der Waals surface area contributed by atoms with Crippen LogP contribution < -0.4 is 5.56 Å². The first-order chi connectivity index (χ1) is 12.1. The summed E-state index contributed by atoms with van der Waals surface area (Å²) in [5.74, 6) is -0.195. The van der Waals surface area contributed by atoms with Gasteiger partial charge in [0.25, 0.3) is 11.5 Å². The highest BCUT2D eigenvalue weighted by molar-refractivity contribution is 5.95. The van der Waals surface area contributed by atoms with E-state index in [0.29, 0.717) is 12.8 Å². The van der Waals surface area contributed by atoms with Crippen LogP contribution in [0.25, 0.3) is 0 Å². The molecule has 1 heterocycles. The van der Waals surface area contributed by atoms with E-state index in [1.165, 1.54) is 11.1 Å². The van der Waals surface area contributed by atoms with Crippen molar-refractivity contribution in [1.82, 2.24) is 15.1 Å². The lowest BCUT2D eigenvalue weighted by Crippen LogP contribution is -2.43. The lowest BCUT2D eigenvalue weighted by Gasteiger charge is -2.32. The van der Waals surface area contributed by atoms with E-state index in [9.17, 15) is 9.59 Å². The van der Waals surface area contributed by atoms with Crippen molar-refractivity contribution in [2.45, 2.75) is 52.0 Å². The molecule has 2 aromatic rings. The minimum Gasteiger partial charge on any atom is -0.338 e. The van der Waals surface area contributed by atoms with Gasteiger partial charge in [0.2, 0.25) is 0 Å². The van der Waals surface area contributed by atoms with Crippen molar-refractivity contribution in [3.05, 3.63) is 62.6 Å². The number of H-pyrrole nitrogens is 1. The van der Waals surface area contributed by atoms with Gasteiger partial charge in [0.05, 0.1) is 5.69 Å². The molecular formula is C20H25N3O2. The Morgan fingerprint density at radius 3 is 2.64 bits per heavy atom. The molecule has 0 radical (unpaired) electrons. The van der Waals surface area contributed by atoms with Crippen LogP contribution in [0.4, 0.5) is 0 Å². The van der Waals surface area contributed by atoms with Crippen molar-refractivity contribution in [3.63, 3.8) is 0 Å². The van der Waals surface area contributed by atoms with Crippen molar-refractivity contribution in [2.75, 3.05) is 7.05 Å². The molecule has 3 rings (SSSR count). The minimum absolute atomic E-state index is 0.116. The van der Waals surface area contributed by atoms with Crippen LogP contribution in [0.5, 0.6) is 0 Å². The van der Waals surface area contributed by atoms with Crippen LogP contribution in [-0.4, -0.2) is 34.1 Å². The number of hydrogen-bond acceptors (Lipinski definition) is 3. The summed E-state index contributed by atoms with van der Waals surface area (Å²) in [6, 6.07) is 8.50. The van der Waals surface area contributed by atoms with Gasteiger partial charge in [-0.25, -0.2) is 5.10 Å². The second-order valence-electron chi connectivity index (χ2n) is 6.64. The Hall–Kier alpha value is -2.43. The largest absolute Gasteiger partial charge is 0.338 e. The molecule has 1 aromatic carbocycles. The molecule has 1 aromatic heterocycles. The fourth-order valence-corrected chi connectivity index (χ4v) is 3.77. The highest BCUT2D eigenvalue weighted by atomic mass is 16.2. The van der Waals surface area contributed by atoms with E-state index in [1.807, 2.05) is 27.0 Å². The summed E-state index contributed by atoms with van der Waals surface area (Å²) in [5, 5.41) is 6.60. The molecule has 0 aliphatic heterocycles. The Labute approximate surface area is 148 Å². The van der Waals surface area contributed by atoms with Gasteiger partial charge in [0, 0.05) is 13.1 Å². The number of hydrogen-bond donors (Lipinski definition) is 1. The molecular weight excluding hydrogens is 314 g/mol. The molecule has 1 N–H and O–H groups in total.